The fourth-order valence-corrected chi connectivity index (χ4v) is 7.95. The number of hydrogen-bond acceptors (Lipinski definition) is 3. The van der Waals surface area contributed by atoms with Crippen molar-refractivity contribution >= 4 is 5.97 Å². The van der Waals surface area contributed by atoms with Crippen LogP contribution in [0.5, 0.6) is 0 Å². The summed E-state index contributed by atoms with van der Waals surface area (Å²) in [5.74, 6) is 3.52. The van der Waals surface area contributed by atoms with E-state index in [9.17, 15) is 4.79 Å². The summed E-state index contributed by atoms with van der Waals surface area (Å²) in [5.41, 5.74) is 8.74. The van der Waals surface area contributed by atoms with E-state index in [0.717, 1.165) is 37.1 Å². The second-order valence-electron chi connectivity index (χ2n) is 10.7. The summed E-state index contributed by atoms with van der Waals surface area (Å²) < 4.78 is 5.59. The van der Waals surface area contributed by atoms with Crippen molar-refractivity contribution in [1.82, 2.24) is 0 Å². The van der Waals surface area contributed by atoms with Gasteiger partial charge in [0.25, 0.3) is 0 Å². The summed E-state index contributed by atoms with van der Waals surface area (Å²) in [6.07, 6.45) is 12.7. The van der Waals surface area contributed by atoms with E-state index >= 15 is 0 Å². The zero-order chi connectivity index (χ0) is 19.4. The predicted molar refractivity (Wildman–Crippen MR) is 109 cm³/mol. The maximum atomic E-state index is 11.4. The van der Waals surface area contributed by atoms with Crippen LogP contribution in [0.4, 0.5) is 0 Å². The van der Waals surface area contributed by atoms with E-state index < -0.39 is 0 Å². The fourth-order valence-electron chi connectivity index (χ4n) is 7.95. The number of esters is 1. The van der Waals surface area contributed by atoms with E-state index in [4.69, 9.17) is 10.5 Å². The number of hydrogen-bond donors (Lipinski definition) is 1. The molecule has 0 amide bonds. The molecule has 152 valence electrons. The standard InChI is InChI=1S/C24H39NO2/c1-15(14-25)20-7-8-21-19-6-5-17-13-18(27-16(2)26)9-11-23(17,3)22(19)10-12-24(20,21)4/h6,15,17-18,20-22H,5,7-14,25H2,1-4H3/t15-,17?,18+,20?,21?,22?,23+,24-/m1/s1. The van der Waals surface area contributed by atoms with Crippen LogP contribution < -0.4 is 5.73 Å². The first kappa shape index (κ1) is 19.5. The highest BCUT2D eigenvalue weighted by atomic mass is 16.5. The van der Waals surface area contributed by atoms with Crippen LogP contribution in [-0.4, -0.2) is 18.6 Å². The molecule has 0 saturated heterocycles. The smallest absolute Gasteiger partial charge is 0.302 e. The van der Waals surface area contributed by atoms with Gasteiger partial charge in [0.05, 0.1) is 0 Å². The Hall–Kier alpha value is -0.830. The normalized spacial score (nSPS) is 47.3. The summed E-state index contributed by atoms with van der Waals surface area (Å²) in [5, 5.41) is 0. The van der Waals surface area contributed by atoms with Gasteiger partial charge in [-0.3, -0.25) is 4.79 Å². The first-order valence-corrected chi connectivity index (χ1v) is 11.4. The highest BCUT2D eigenvalue weighted by molar-refractivity contribution is 5.66. The maximum absolute atomic E-state index is 11.4. The van der Waals surface area contributed by atoms with Crippen molar-refractivity contribution in [3.63, 3.8) is 0 Å². The third-order valence-electron chi connectivity index (χ3n) is 9.50. The van der Waals surface area contributed by atoms with Crippen molar-refractivity contribution in [2.75, 3.05) is 6.54 Å². The van der Waals surface area contributed by atoms with Gasteiger partial charge < -0.3 is 10.5 Å². The molecule has 0 bridgehead atoms. The van der Waals surface area contributed by atoms with E-state index in [1.807, 2.05) is 0 Å². The minimum absolute atomic E-state index is 0.116. The van der Waals surface area contributed by atoms with Gasteiger partial charge in [-0.15, -0.1) is 0 Å². The second-order valence-corrected chi connectivity index (χ2v) is 10.7. The molecule has 3 heteroatoms. The summed E-state index contributed by atoms with van der Waals surface area (Å²) in [6.45, 7) is 9.87. The Morgan fingerprint density at radius 2 is 1.89 bits per heavy atom. The third-order valence-corrected chi connectivity index (χ3v) is 9.50. The maximum Gasteiger partial charge on any atom is 0.302 e. The van der Waals surface area contributed by atoms with Gasteiger partial charge in [-0.25, -0.2) is 0 Å². The second kappa shape index (κ2) is 6.90. The van der Waals surface area contributed by atoms with E-state index in [0.29, 0.717) is 22.7 Å². The molecule has 4 rings (SSSR count). The summed E-state index contributed by atoms with van der Waals surface area (Å²) in [4.78, 5) is 11.4. The number of rotatable bonds is 3. The molecule has 4 aliphatic carbocycles. The topological polar surface area (TPSA) is 52.3 Å². The van der Waals surface area contributed by atoms with Gasteiger partial charge in [0.1, 0.15) is 6.10 Å². The molecule has 2 N–H and O–H groups in total. The summed E-state index contributed by atoms with van der Waals surface area (Å²) in [6, 6.07) is 0. The molecule has 3 nitrogen and oxygen atoms in total. The van der Waals surface area contributed by atoms with Crippen LogP contribution in [0.2, 0.25) is 0 Å². The quantitative estimate of drug-likeness (QED) is 0.553. The first-order chi connectivity index (χ1) is 12.8. The SMILES string of the molecule is CC(=O)O[C@H]1CC[C@@]2(C)C(CC=C3C2CC[C@@]2(C)C3CCC2[C@H](C)CN)C1. The van der Waals surface area contributed by atoms with Gasteiger partial charge >= 0.3 is 5.97 Å². The van der Waals surface area contributed by atoms with Gasteiger partial charge in [-0.2, -0.15) is 0 Å². The molecule has 0 aromatic rings. The minimum Gasteiger partial charge on any atom is -0.463 e. The Bertz CT molecular complexity index is 628. The number of nitrogens with two attached hydrogens (primary N) is 1. The van der Waals surface area contributed by atoms with Crippen molar-refractivity contribution in [3.8, 4) is 0 Å². The number of ether oxygens (including phenoxy) is 1. The molecule has 4 aliphatic rings. The van der Waals surface area contributed by atoms with E-state index in [1.54, 1.807) is 12.5 Å². The molecule has 3 saturated carbocycles. The van der Waals surface area contributed by atoms with Crippen molar-refractivity contribution in [1.29, 1.82) is 0 Å². The average Bonchev–Trinajstić information content (AvgIpc) is 2.98. The van der Waals surface area contributed by atoms with Crippen molar-refractivity contribution in [2.24, 2.45) is 46.2 Å². The molecule has 0 aromatic heterocycles. The molecule has 0 aliphatic heterocycles. The molecule has 0 spiro atoms. The van der Waals surface area contributed by atoms with Crippen LogP contribution in [0.1, 0.15) is 79.1 Å². The number of allylic oxidation sites excluding steroid dienone is 2. The van der Waals surface area contributed by atoms with Gasteiger partial charge in [-0.1, -0.05) is 32.4 Å². The Morgan fingerprint density at radius 1 is 1.19 bits per heavy atom. The van der Waals surface area contributed by atoms with Crippen molar-refractivity contribution in [2.45, 2.75) is 85.2 Å². The Kier molecular flexibility index (Phi) is 4.98. The molecular weight excluding hydrogens is 334 g/mol. The van der Waals surface area contributed by atoms with Gasteiger partial charge in [0.15, 0.2) is 0 Å². The minimum atomic E-state index is -0.116. The molecule has 0 radical (unpaired) electrons. The van der Waals surface area contributed by atoms with Gasteiger partial charge in [0, 0.05) is 6.92 Å². The lowest BCUT2D eigenvalue weighted by atomic mass is 9.47. The lowest BCUT2D eigenvalue weighted by molar-refractivity contribution is -0.152. The molecular formula is C24H39NO2. The monoisotopic (exact) mass is 373 g/mol. The summed E-state index contributed by atoms with van der Waals surface area (Å²) >= 11 is 0. The fraction of sp³-hybridized carbons (Fsp3) is 0.875. The molecule has 3 fully saturated rings. The lowest BCUT2D eigenvalue weighted by Gasteiger charge is -2.58. The molecule has 0 aromatic carbocycles. The van der Waals surface area contributed by atoms with Crippen molar-refractivity contribution in [3.05, 3.63) is 11.6 Å². The van der Waals surface area contributed by atoms with Crippen LogP contribution in [0.15, 0.2) is 11.6 Å². The van der Waals surface area contributed by atoms with E-state index in [-0.39, 0.29) is 12.1 Å². The molecule has 0 heterocycles. The predicted octanol–water partition coefficient (Wildman–Crippen LogP) is 5.09. The van der Waals surface area contributed by atoms with Crippen LogP contribution in [-0.2, 0) is 9.53 Å². The number of carbonyl (C=O) groups excluding carboxylic acids is 1. The number of carbonyl (C=O) groups is 1. The van der Waals surface area contributed by atoms with Crippen LogP contribution in [0, 0.1) is 40.4 Å². The van der Waals surface area contributed by atoms with Crippen LogP contribution in [0.3, 0.4) is 0 Å². The Labute approximate surface area is 165 Å². The molecule has 8 atom stereocenters. The van der Waals surface area contributed by atoms with Gasteiger partial charge in [0.2, 0.25) is 0 Å². The Morgan fingerprint density at radius 3 is 2.59 bits per heavy atom. The zero-order valence-electron chi connectivity index (χ0n) is 17.8. The molecule has 27 heavy (non-hydrogen) atoms. The number of fused-ring (bicyclic) bond motifs is 5. The first-order valence-electron chi connectivity index (χ1n) is 11.4. The van der Waals surface area contributed by atoms with Crippen LogP contribution >= 0.6 is 0 Å². The average molecular weight is 374 g/mol. The van der Waals surface area contributed by atoms with E-state index in [2.05, 4.69) is 26.8 Å². The largest absolute Gasteiger partial charge is 0.463 e. The summed E-state index contributed by atoms with van der Waals surface area (Å²) in [7, 11) is 0. The van der Waals surface area contributed by atoms with Crippen LogP contribution in [0.25, 0.3) is 0 Å². The third kappa shape index (κ3) is 2.99. The zero-order valence-corrected chi connectivity index (χ0v) is 17.8. The van der Waals surface area contributed by atoms with E-state index in [1.165, 1.54) is 38.5 Å². The van der Waals surface area contributed by atoms with Gasteiger partial charge in [-0.05, 0) is 98.3 Å². The molecule has 4 unspecified atom stereocenters. The highest BCUT2D eigenvalue weighted by Gasteiger charge is 2.58. The highest BCUT2D eigenvalue weighted by Crippen LogP contribution is 2.66. The lowest BCUT2D eigenvalue weighted by Crippen LogP contribution is -2.50. The Balaban J connectivity index is 1.57. The van der Waals surface area contributed by atoms with Crippen molar-refractivity contribution < 1.29 is 9.53 Å².